The largest absolute Gasteiger partial charge is 0.380 e. The van der Waals surface area contributed by atoms with Crippen LogP contribution in [0.2, 0.25) is 0 Å². The van der Waals surface area contributed by atoms with Gasteiger partial charge in [-0.1, -0.05) is 24.3 Å². The summed E-state index contributed by atoms with van der Waals surface area (Å²) in [5.74, 6) is -1.48. The zero-order valence-electron chi connectivity index (χ0n) is 19.3. The lowest BCUT2D eigenvalue weighted by molar-refractivity contribution is -0.126. The Morgan fingerprint density at radius 2 is 1.71 bits per heavy atom. The maximum absolute atomic E-state index is 14.2. The van der Waals surface area contributed by atoms with E-state index in [4.69, 9.17) is 9.57 Å². The van der Waals surface area contributed by atoms with E-state index in [0.29, 0.717) is 30.8 Å². The number of likely N-dealkylation sites (tertiary alicyclic amines) is 1. The Labute approximate surface area is 197 Å². The van der Waals surface area contributed by atoms with Crippen molar-refractivity contribution >= 4 is 23.4 Å². The first-order valence-electron chi connectivity index (χ1n) is 11.3. The molecule has 3 amide bonds. The number of carbonyl (C=O) groups is 3. The van der Waals surface area contributed by atoms with Crippen LogP contribution < -0.4 is 5.06 Å². The molecule has 2 aliphatic heterocycles. The number of carbonyl (C=O) groups excluding carboxylic acids is 3. The SMILES string of the molecule is COC1CN(CCN2C(=O)c3ccccc3C2=O)CCC1CON(C(C)=O)c1ccccc1F. The van der Waals surface area contributed by atoms with Gasteiger partial charge in [0, 0.05) is 39.6 Å². The number of hydroxylamine groups is 1. The van der Waals surface area contributed by atoms with Crippen LogP contribution in [-0.4, -0.2) is 73.5 Å². The molecule has 0 spiro atoms. The molecular weight excluding hydrogens is 441 g/mol. The molecule has 1 fully saturated rings. The number of amides is 3. The van der Waals surface area contributed by atoms with Crippen LogP contribution in [0.1, 0.15) is 34.1 Å². The van der Waals surface area contributed by atoms with Crippen LogP contribution in [0.3, 0.4) is 0 Å². The molecule has 0 radical (unpaired) electrons. The summed E-state index contributed by atoms with van der Waals surface area (Å²) in [7, 11) is 1.62. The number of rotatable bonds is 8. The molecule has 8 nitrogen and oxygen atoms in total. The standard InChI is InChI=1S/C25H28FN3O5/c1-17(30)29(22-10-6-5-9-21(22)26)34-16-18-11-12-27(15-23(18)33-2)13-14-28-24(31)19-7-3-4-8-20(19)25(28)32/h3-10,18,23H,11-16H2,1-2H3. The van der Waals surface area contributed by atoms with Crippen molar-refractivity contribution in [3.05, 3.63) is 65.5 Å². The first-order valence-corrected chi connectivity index (χ1v) is 11.3. The normalized spacial score (nSPS) is 20.5. The van der Waals surface area contributed by atoms with Crippen LogP contribution >= 0.6 is 0 Å². The molecule has 0 bridgehead atoms. The third-order valence-electron chi connectivity index (χ3n) is 6.38. The Bertz CT molecular complexity index is 1040. The van der Waals surface area contributed by atoms with Gasteiger partial charge in [-0.3, -0.25) is 29.0 Å². The summed E-state index contributed by atoms with van der Waals surface area (Å²) in [5, 5.41) is 0.983. The molecule has 0 saturated carbocycles. The van der Waals surface area contributed by atoms with E-state index in [2.05, 4.69) is 4.90 Å². The van der Waals surface area contributed by atoms with E-state index in [1.807, 2.05) is 0 Å². The number of imide groups is 1. The van der Waals surface area contributed by atoms with Gasteiger partial charge in [0.2, 0.25) is 5.91 Å². The second kappa shape index (κ2) is 10.4. The average Bonchev–Trinajstić information content (AvgIpc) is 3.08. The molecule has 2 aromatic rings. The summed E-state index contributed by atoms with van der Waals surface area (Å²) in [5.41, 5.74) is 0.966. The molecule has 2 aliphatic rings. The summed E-state index contributed by atoms with van der Waals surface area (Å²) in [6.45, 7) is 3.66. The number of hydrogen-bond donors (Lipinski definition) is 0. The minimum atomic E-state index is -0.538. The Kier molecular flexibility index (Phi) is 7.35. The zero-order valence-corrected chi connectivity index (χ0v) is 19.3. The van der Waals surface area contributed by atoms with Gasteiger partial charge in [-0.15, -0.1) is 0 Å². The third kappa shape index (κ3) is 4.86. The molecule has 34 heavy (non-hydrogen) atoms. The van der Waals surface area contributed by atoms with Crippen molar-refractivity contribution in [2.24, 2.45) is 5.92 Å². The van der Waals surface area contributed by atoms with Gasteiger partial charge < -0.3 is 4.74 Å². The maximum atomic E-state index is 14.2. The number of para-hydroxylation sites is 1. The number of nitrogens with zero attached hydrogens (tertiary/aromatic N) is 3. The van der Waals surface area contributed by atoms with E-state index in [1.54, 1.807) is 43.5 Å². The lowest BCUT2D eigenvalue weighted by Crippen LogP contribution is -2.49. The monoisotopic (exact) mass is 469 g/mol. The average molecular weight is 470 g/mol. The maximum Gasteiger partial charge on any atom is 0.261 e. The minimum absolute atomic E-state index is 0.00539. The molecular formula is C25H28FN3O5. The molecule has 0 N–H and O–H groups in total. The topological polar surface area (TPSA) is 79.4 Å². The van der Waals surface area contributed by atoms with Crippen LogP contribution in [-0.2, 0) is 14.4 Å². The van der Waals surface area contributed by atoms with Gasteiger partial charge in [0.05, 0.1) is 23.8 Å². The van der Waals surface area contributed by atoms with Gasteiger partial charge in [-0.25, -0.2) is 4.39 Å². The van der Waals surface area contributed by atoms with Gasteiger partial charge in [0.15, 0.2) is 0 Å². The second-order valence-corrected chi connectivity index (χ2v) is 8.49. The van der Waals surface area contributed by atoms with Crippen molar-refractivity contribution in [2.75, 3.05) is 45.0 Å². The number of hydrogen-bond acceptors (Lipinski definition) is 6. The van der Waals surface area contributed by atoms with Crippen molar-refractivity contribution in [2.45, 2.75) is 19.4 Å². The van der Waals surface area contributed by atoms with E-state index >= 15 is 0 Å². The number of anilines is 1. The predicted molar refractivity (Wildman–Crippen MR) is 123 cm³/mol. The second-order valence-electron chi connectivity index (χ2n) is 8.49. The fourth-order valence-electron chi connectivity index (χ4n) is 4.49. The van der Waals surface area contributed by atoms with Gasteiger partial charge in [-0.2, -0.15) is 5.06 Å². The number of fused-ring (bicyclic) bond motifs is 1. The molecule has 2 heterocycles. The van der Waals surface area contributed by atoms with E-state index in [9.17, 15) is 18.8 Å². The molecule has 180 valence electrons. The van der Waals surface area contributed by atoms with Crippen LogP contribution in [0.5, 0.6) is 0 Å². The molecule has 1 saturated heterocycles. The molecule has 9 heteroatoms. The van der Waals surface area contributed by atoms with E-state index in [1.165, 1.54) is 24.0 Å². The number of ether oxygens (including phenoxy) is 1. The van der Waals surface area contributed by atoms with Crippen molar-refractivity contribution < 1.29 is 28.3 Å². The number of piperidine rings is 1. The van der Waals surface area contributed by atoms with Gasteiger partial charge in [0.1, 0.15) is 11.5 Å². The predicted octanol–water partition coefficient (Wildman–Crippen LogP) is 2.74. The van der Waals surface area contributed by atoms with Crippen LogP contribution in [0.4, 0.5) is 10.1 Å². The lowest BCUT2D eigenvalue weighted by atomic mass is 9.94. The van der Waals surface area contributed by atoms with E-state index < -0.39 is 11.7 Å². The summed E-state index contributed by atoms with van der Waals surface area (Å²) in [6, 6.07) is 12.8. The fourth-order valence-corrected chi connectivity index (χ4v) is 4.49. The van der Waals surface area contributed by atoms with Crippen molar-refractivity contribution in [1.29, 1.82) is 0 Å². The highest BCUT2D eigenvalue weighted by Crippen LogP contribution is 2.25. The van der Waals surface area contributed by atoms with E-state index in [-0.39, 0.29) is 36.1 Å². The smallest absolute Gasteiger partial charge is 0.261 e. The Hall–Kier alpha value is -3.14. The summed E-state index contributed by atoms with van der Waals surface area (Å²) in [4.78, 5) is 46.4. The molecule has 2 unspecified atom stereocenters. The van der Waals surface area contributed by atoms with Crippen LogP contribution in [0.15, 0.2) is 48.5 Å². The third-order valence-corrected chi connectivity index (χ3v) is 6.38. The molecule has 0 aliphatic carbocycles. The highest BCUT2D eigenvalue weighted by atomic mass is 19.1. The van der Waals surface area contributed by atoms with Gasteiger partial charge in [0.25, 0.3) is 11.8 Å². The lowest BCUT2D eigenvalue weighted by Gasteiger charge is -2.38. The van der Waals surface area contributed by atoms with E-state index in [0.717, 1.165) is 18.0 Å². The molecule has 2 aromatic carbocycles. The quantitative estimate of drug-likeness (QED) is 0.437. The zero-order chi connectivity index (χ0) is 24.2. The van der Waals surface area contributed by atoms with Crippen molar-refractivity contribution in [1.82, 2.24) is 9.80 Å². The Balaban J connectivity index is 1.32. The van der Waals surface area contributed by atoms with Crippen LogP contribution in [0, 0.1) is 11.7 Å². The number of benzene rings is 2. The van der Waals surface area contributed by atoms with Crippen molar-refractivity contribution in [3.63, 3.8) is 0 Å². The Morgan fingerprint density at radius 1 is 1.06 bits per heavy atom. The number of halogens is 1. The summed E-state index contributed by atoms with van der Waals surface area (Å²) < 4.78 is 19.8. The highest BCUT2D eigenvalue weighted by molar-refractivity contribution is 6.21. The molecule has 0 aromatic heterocycles. The highest BCUT2D eigenvalue weighted by Gasteiger charge is 2.36. The number of methoxy groups -OCH3 is 1. The molecule has 2 atom stereocenters. The minimum Gasteiger partial charge on any atom is -0.380 e. The van der Waals surface area contributed by atoms with Crippen molar-refractivity contribution in [3.8, 4) is 0 Å². The van der Waals surface area contributed by atoms with Gasteiger partial charge >= 0.3 is 0 Å². The fraction of sp³-hybridized carbons (Fsp3) is 0.400. The first kappa shape index (κ1) is 24.0. The summed E-state index contributed by atoms with van der Waals surface area (Å²) >= 11 is 0. The van der Waals surface area contributed by atoms with Crippen LogP contribution in [0.25, 0.3) is 0 Å². The van der Waals surface area contributed by atoms with Gasteiger partial charge in [-0.05, 0) is 37.2 Å². The molecule has 4 rings (SSSR count). The Morgan fingerprint density at radius 3 is 2.32 bits per heavy atom. The first-order chi connectivity index (χ1) is 16.4. The summed E-state index contributed by atoms with van der Waals surface area (Å²) in [6.07, 6.45) is 0.550.